The van der Waals surface area contributed by atoms with Crippen molar-refractivity contribution in [2.24, 2.45) is 0 Å². The zero-order valence-corrected chi connectivity index (χ0v) is 10.0. The smallest absolute Gasteiger partial charge is 0.184 e. The zero-order valence-electron chi connectivity index (χ0n) is 8.54. The summed E-state index contributed by atoms with van der Waals surface area (Å²) >= 11 is 12.1. The summed E-state index contributed by atoms with van der Waals surface area (Å²) in [7, 11) is 0. The molecule has 0 spiro atoms. The molecule has 2 aromatic heterocycles. The van der Waals surface area contributed by atoms with Gasteiger partial charge < -0.3 is 0 Å². The summed E-state index contributed by atoms with van der Waals surface area (Å²) in [6, 6.07) is 0. The van der Waals surface area contributed by atoms with Gasteiger partial charge in [0.05, 0.1) is 6.20 Å². The third kappa shape index (κ3) is 2.15. The van der Waals surface area contributed by atoms with Gasteiger partial charge in [-0.2, -0.15) is 15.4 Å². The highest BCUT2D eigenvalue weighted by atomic mass is 35.5. The molecule has 2 aromatic rings. The van der Waals surface area contributed by atoms with Crippen LogP contribution < -0.4 is 0 Å². The Balaban J connectivity index is 2.45. The molecule has 0 atom stereocenters. The summed E-state index contributed by atoms with van der Waals surface area (Å²) in [6.07, 6.45) is 3.21. The van der Waals surface area contributed by atoms with Gasteiger partial charge in [0.25, 0.3) is 0 Å². The Morgan fingerprint density at radius 1 is 1.25 bits per heavy atom. The van der Waals surface area contributed by atoms with Gasteiger partial charge >= 0.3 is 0 Å². The molecule has 84 valence electrons. The van der Waals surface area contributed by atoms with Crippen molar-refractivity contribution in [2.75, 3.05) is 0 Å². The Morgan fingerprint density at radius 3 is 2.44 bits per heavy atom. The lowest BCUT2D eigenvalue weighted by Crippen LogP contribution is -1.97. The predicted molar refractivity (Wildman–Crippen MR) is 61.4 cm³/mol. The van der Waals surface area contributed by atoms with E-state index in [-0.39, 0.29) is 0 Å². The second-order valence-corrected chi connectivity index (χ2v) is 3.93. The van der Waals surface area contributed by atoms with Crippen molar-refractivity contribution in [1.29, 1.82) is 0 Å². The SMILES string of the molecule is CCCc1c(Cl)nc(-c2cn[nH]n2)nc1Cl. The molecule has 2 heterocycles. The number of hydrogen-bond donors (Lipinski definition) is 1. The van der Waals surface area contributed by atoms with Gasteiger partial charge in [0.2, 0.25) is 0 Å². The normalized spacial score (nSPS) is 10.7. The van der Waals surface area contributed by atoms with Crippen LogP contribution in [0.5, 0.6) is 0 Å². The Bertz CT molecular complexity index is 460. The van der Waals surface area contributed by atoms with Gasteiger partial charge in [0, 0.05) is 5.56 Å². The van der Waals surface area contributed by atoms with Crippen LogP contribution in [0, 0.1) is 0 Å². The Morgan fingerprint density at radius 2 is 1.94 bits per heavy atom. The fourth-order valence-electron chi connectivity index (χ4n) is 1.31. The number of aromatic nitrogens is 5. The van der Waals surface area contributed by atoms with Crippen molar-refractivity contribution >= 4 is 23.2 Å². The summed E-state index contributed by atoms with van der Waals surface area (Å²) in [4.78, 5) is 8.28. The van der Waals surface area contributed by atoms with Crippen LogP contribution in [0.1, 0.15) is 18.9 Å². The van der Waals surface area contributed by atoms with Crippen molar-refractivity contribution in [3.8, 4) is 11.5 Å². The molecule has 7 heteroatoms. The summed E-state index contributed by atoms with van der Waals surface area (Å²) < 4.78 is 0. The largest absolute Gasteiger partial charge is 0.214 e. The maximum absolute atomic E-state index is 6.04. The van der Waals surface area contributed by atoms with Gasteiger partial charge in [-0.3, -0.25) is 0 Å². The highest BCUT2D eigenvalue weighted by Crippen LogP contribution is 2.25. The number of hydrogen-bond acceptors (Lipinski definition) is 4. The number of aromatic amines is 1. The van der Waals surface area contributed by atoms with E-state index in [1.165, 1.54) is 6.20 Å². The Hall–Kier alpha value is -1.20. The third-order valence-electron chi connectivity index (χ3n) is 2.05. The summed E-state index contributed by atoms with van der Waals surface area (Å²) in [5, 5.41) is 10.8. The molecule has 5 nitrogen and oxygen atoms in total. The number of H-pyrrole nitrogens is 1. The van der Waals surface area contributed by atoms with Crippen LogP contribution in [-0.4, -0.2) is 25.4 Å². The van der Waals surface area contributed by atoms with Crippen LogP contribution >= 0.6 is 23.2 Å². The van der Waals surface area contributed by atoms with Crippen molar-refractivity contribution < 1.29 is 0 Å². The molecule has 0 aliphatic rings. The summed E-state index contributed by atoms with van der Waals surface area (Å²) in [6.45, 7) is 2.04. The molecule has 2 rings (SSSR count). The molecule has 0 saturated heterocycles. The van der Waals surface area contributed by atoms with Crippen LogP contribution in [0.3, 0.4) is 0 Å². The van der Waals surface area contributed by atoms with E-state index in [9.17, 15) is 0 Å². The first-order valence-electron chi connectivity index (χ1n) is 4.80. The van der Waals surface area contributed by atoms with Crippen molar-refractivity contribution in [3.05, 3.63) is 22.1 Å². The topological polar surface area (TPSA) is 67.3 Å². The molecule has 0 radical (unpaired) electrons. The first-order chi connectivity index (χ1) is 7.72. The van der Waals surface area contributed by atoms with Gasteiger partial charge in [-0.15, -0.1) is 0 Å². The molecule has 0 saturated carbocycles. The molecular weight excluding hydrogens is 249 g/mol. The molecule has 16 heavy (non-hydrogen) atoms. The minimum Gasteiger partial charge on any atom is -0.214 e. The lowest BCUT2D eigenvalue weighted by atomic mass is 10.2. The molecule has 0 fully saturated rings. The van der Waals surface area contributed by atoms with Gasteiger partial charge in [-0.1, -0.05) is 36.5 Å². The third-order valence-corrected chi connectivity index (χ3v) is 2.68. The fourth-order valence-corrected chi connectivity index (χ4v) is 1.89. The van der Waals surface area contributed by atoms with E-state index in [0.717, 1.165) is 18.4 Å². The molecule has 0 aromatic carbocycles. The molecule has 1 N–H and O–H groups in total. The lowest BCUT2D eigenvalue weighted by molar-refractivity contribution is 0.900. The summed E-state index contributed by atoms with van der Waals surface area (Å²) in [5.74, 6) is 0.378. The molecule has 0 aliphatic carbocycles. The van der Waals surface area contributed by atoms with Gasteiger partial charge in [-0.05, 0) is 6.42 Å². The van der Waals surface area contributed by atoms with Crippen LogP contribution in [0.4, 0.5) is 0 Å². The zero-order chi connectivity index (χ0) is 11.5. The maximum Gasteiger partial charge on any atom is 0.184 e. The second kappa shape index (κ2) is 4.76. The highest BCUT2D eigenvalue weighted by molar-refractivity contribution is 6.34. The van der Waals surface area contributed by atoms with E-state index in [2.05, 4.69) is 25.4 Å². The van der Waals surface area contributed by atoms with E-state index < -0.39 is 0 Å². The Kier molecular flexibility index (Phi) is 3.36. The second-order valence-electron chi connectivity index (χ2n) is 3.21. The average molecular weight is 258 g/mol. The lowest BCUT2D eigenvalue weighted by Gasteiger charge is -2.05. The maximum atomic E-state index is 6.04. The monoisotopic (exact) mass is 257 g/mol. The van der Waals surface area contributed by atoms with Crippen molar-refractivity contribution in [3.63, 3.8) is 0 Å². The minimum atomic E-state index is 0.375. The number of nitrogens with zero attached hydrogens (tertiary/aromatic N) is 4. The quantitative estimate of drug-likeness (QED) is 0.859. The standard InChI is InChI=1S/C9H9Cl2N5/c1-2-3-5-7(10)13-9(14-8(5)11)6-4-12-16-15-6/h4H,2-3H2,1H3,(H,12,15,16). The molecule has 0 unspecified atom stereocenters. The van der Waals surface area contributed by atoms with E-state index in [1.807, 2.05) is 6.92 Å². The Labute approximate surface area is 102 Å². The predicted octanol–water partition coefficient (Wildman–Crippen LogP) is 2.52. The molecular formula is C9H9Cl2N5. The number of nitrogens with one attached hydrogen (secondary N) is 1. The van der Waals surface area contributed by atoms with E-state index in [1.54, 1.807) is 0 Å². The van der Waals surface area contributed by atoms with E-state index >= 15 is 0 Å². The first kappa shape index (κ1) is 11.3. The number of halogens is 2. The van der Waals surface area contributed by atoms with Crippen LogP contribution in [-0.2, 0) is 6.42 Å². The van der Waals surface area contributed by atoms with Gasteiger partial charge in [-0.25, -0.2) is 9.97 Å². The van der Waals surface area contributed by atoms with Crippen LogP contribution in [0.15, 0.2) is 6.20 Å². The van der Waals surface area contributed by atoms with Crippen LogP contribution in [0.2, 0.25) is 10.3 Å². The first-order valence-corrected chi connectivity index (χ1v) is 5.56. The molecule has 0 aliphatic heterocycles. The van der Waals surface area contributed by atoms with Crippen LogP contribution in [0.25, 0.3) is 11.5 Å². The van der Waals surface area contributed by atoms with Gasteiger partial charge in [0.1, 0.15) is 16.0 Å². The van der Waals surface area contributed by atoms with Crippen molar-refractivity contribution in [1.82, 2.24) is 25.4 Å². The van der Waals surface area contributed by atoms with E-state index in [0.29, 0.717) is 21.8 Å². The number of rotatable bonds is 3. The average Bonchev–Trinajstić information content (AvgIpc) is 2.76. The molecule has 0 bridgehead atoms. The summed E-state index contributed by atoms with van der Waals surface area (Å²) in [5.41, 5.74) is 1.30. The highest BCUT2D eigenvalue weighted by Gasteiger charge is 2.13. The fraction of sp³-hybridized carbons (Fsp3) is 0.333. The van der Waals surface area contributed by atoms with Crippen molar-refractivity contribution in [2.45, 2.75) is 19.8 Å². The van der Waals surface area contributed by atoms with Gasteiger partial charge in [0.15, 0.2) is 5.82 Å². The minimum absolute atomic E-state index is 0.375. The van der Waals surface area contributed by atoms with E-state index in [4.69, 9.17) is 23.2 Å². The molecule has 0 amide bonds.